The maximum absolute atomic E-state index is 13.2. The standard InChI is InChI=1S/C29H33N5O3/c1-22-9-11-23(12-10-22)26-13-14-27(31-30-26)32-15-17-33(18-16-32)28(35)21-34(20-25-8-5-19-37-25)29(36)24-6-3-2-4-7-24/h2-4,6-7,9-14,25H,5,8,15-21H2,1H3. The fourth-order valence-corrected chi connectivity index (χ4v) is 4.84. The van der Waals surface area contributed by atoms with Crippen LogP contribution < -0.4 is 4.90 Å². The topological polar surface area (TPSA) is 78.9 Å². The van der Waals surface area contributed by atoms with Gasteiger partial charge in [-0.05, 0) is 44.0 Å². The summed E-state index contributed by atoms with van der Waals surface area (Å²) in [5.41, 5.74) is 3.68. The number of piperazine rings is 1. The lowest BCUT2D eigenvalue weighted by Crippen LogP contribution is -2.52. The van der Waals surface area contributed by atoms with Gasteiger partial charge < -0.3 is 19.4 Å². The molecule has 3 heterocycles. The predicted molar refractivity (Wildman–Crippen MR) is 142 cm³/mol. The Morgan fingerprint density at radius 1 is 0.946 bits per heavy atom. The predicted octanol–water partition coefficient (Wildman–Crippen LogP) is 3.42. The molecule has 0 spiro atoms. The summed E-state index contributed by atoms with van der Waals surface area (Å²) in [4.78, 5) is 32.1. The quantitative estimate of drug-likeness (QED) is 0.496. The smallest absolute Gasteiger partial charge is 0.254 e. The molecule has 37 heavy (non-hydrogen) atoms. The Balaban J connectivity index is 1.18. The number of carbonyl (C=O) groups is 2. The molecule has 2 aromatic carbocycles. The van der Waals surface area contributed by atoms with Gasteiger partial charge in [0.05, 0.1) is 11.8 Å². The van der Waals surface area contributed by atoms with E-state index in [4.69, 9.17) is 4.74 Å². The number of amides is 2. The van der Waals surface area contributed by atoms with Crippen molar-refractivity contribution in [3.63, 3.8) is 0 Å². The van der Waals surface area contributed by atoms with Crippen molar-refractivity contribution in [2.24, 2.45) is 0 Å². The number of carbonyl (C=O) groups excluding carboxylic acids is 2. The number of anilines is 1. The molecule has 2 saturated heterocycles. The van der Waals surface area contributed by atoms with E-state index >= 15 is 0 Å². The van der Waals surface area contributed by atoms with Gasteiger partial charge in [-0.3, -0.25) is 9.59 Å². The summed E-state index contributed by atoms with van der Waals surface area (Å²) in [6, 6.07) is 21.4. The van der Waals surface area contributed by atoms with E-state index in [1.807, 2.05) is 47.4 Å². The summed E-state index contributed by atoms with van der Waals surface area (Å²) in [6.07, 6.45) is 1.89. The van der Waals surface area contributed by atoms with Gasteiger partial charge in [0.1, 0.15) is 6.54 Å². The van der Waals surface area contributed by atoms with Crippen LogP contribution in [0, 0.1) is 6.92 Å². The molecule has 2 fully saturated rings. The first-order valence-corrected chi connectivity index (χ1v) is 13.0. The summed E-state index contributed by atoms with van der Waals surface area (Å²) in [6.45, 7) is 5.75. The van der Waals surface area contributed by atoms with Crippen LogP contribution in [0.2, 0.25) is 0 Å². The van der Waals surface area contributed by atoms with E-state index in [-0.39, 0.29) is 24.5 Å². The zero-order chi connectivity index (χ0) is 25.6. The van der Waals surface area contributed by atoms with Crippen LogP contribution in [0.25, 0.3) is 11.3 Å². The van der Waals surface area contributed by atoms with Crippen molar-refractivity contribution >= 4 is 17.6 Å². The number of hydrogen-bond donors (Lipinski definition) is 0. The van der Waals surface area contributed by atoms with E-state index in [0.29, 0.717) is 44.9 Å². The van der Waals surface area contributed by atoms with Crippen LogP contribution in [0.3, 0.4) is 0 Å². The largest absolute Gasteiger partial charge is 0.376 e. The third kappa shape index (κ3) is 6.14. The second kappa shape index (κ2) is 11.5. The van der Waals surface area contributed by atoms with Gasteiger partial charge in [0.15, 0.2) is 5.82 Å². The first-order valence-electron chi connectivity index (χ1n) is 13.0. The second-order valence-electron chi connectivity index (χ2n) is 9.70. The molecule has 8 heteroatoms. The molecule has 1 aromatic heterocycles. The third-order valence-corrected chi connectivity index (χ3v) is 7.04. The van der Waals surface area contributed by atoms with E-state index in [2.05, 4.69) is 34.2 Å². The Morgan fingerprint density at radius 2 is 1.70 bits per heavy atom. The van der Waals surface area contributed by atoms with Crippen molar-refractivity contribution in [1.82, 2.24) is 20.0 Å². The average molecular weight is 500 g/mol. The minimum atomic E-state index is -0.132. The van der Waals surface area contributed by atoms with Crippen molar-refractivity contribution in [3.05, 3.63) is 77.9 Å². The van der Waals surface area contributed by atoms with Crippen LogP contribution >= 0.6 is 0 Å². The monoisotopic (exact) mass is 499 g/mol. The molecule has 0 N–H and O–H groups in total. The normalized spacial score (nSPS) is 17.6. The van der Waals surface area contributed by atoms with Gasteiger partial charge in [-0.25, -0.2) is 0 Å². The van der Waals surface area contributed by atoms with E-state index in [1.54, 1.807) is 17.0 Å². The summed E-state index contributed by atoms with van der Waals surface area (Å²) in [7, 11) is 0. The Bertz CT molecular complexity index is 1190. The Kier molecular flexibility index (Phi) is 7.75. The highest BCUT2D eigenvalue weighted by Gasteiger charge is 2.28. The van der Waals surface area contributed by atoms with Crippen LogP contribution in [0.15, 0.2) is 66.7 Å². The average Bonchev–Trinajstić information content (AvgIpc) is 3.47. The van der Waals surface area contributed by atoms with Gasteiger partial charge >= 0.3 is 0 Å². The minimum absolute atomic E-state index is 0.0150. The van der Waals surface area contributed by atoms with Gasteiger partial charge in [-0.1, -0.05) is 48.0 Å². The molecule has 8 nitrogen and oxygen atoms in total. The van der Waals surface area contributed by atoms with Crippen LogP contribution in [0.5, 0.6) is 0 Å². The van der Waals surface area contributed by atoms with Crippen LogP contribution in [0.4, 0.5) is 5.82 Å². The highest BCUT2D eigenvalue weighted by molar-refractivity contribution is 5.96. The van der Waals surface area contributed by atoms with E-state index in [0.717, 1.165) is 29.9 Å². The van der Waals surface area contributed by atoms with Gasteiger partial charge in [-0.15, -0.1) is 10.2 Å². The molecule has 0 bridgehead atoms. The van der Waals surface area contributed by atoms with Crippen LogP contribution in [-0.4, -0.2) is 83.8 Å². The summed E-state index contributed by atoms with van der Waals surface area (Å²) < 4.78 is 5.76. The molecule has 0 aliphatic carbocycles. The second-order valence-corrected chi connectivity index (χ2v) is 9.70. The van der Waals surface area contributed by atoms with Crippen molar-refractivity contribution in [2.45, 2.75) is 25.9 Å². The Morgan fingerprint density at radius 3 is 2.35 bits per heavy atom. The number of benzene rings is 2. The van der Waals surface area contributed by atoms with Gasteiger partial charge in [0, 0.05) is 50.5 Å². The summed E-state index contributed by atoms with van der Waals surface area (Å²) >= 11 is 0. The molecule has 3 aromatic rings. The van der Waals surface area contributed by atoms with E-state index in [9.17, 15) is 9.59 Å². The van der Waals surface area contributed by atoms with E-state index < -0.39 is 0 Å². The number of ether oxygens (including phenoxy) is 1. The maximum atomic E-state index is 13.2. The Hall–Kier alpha value is -3.78. The maximum Gasteiger partial charge on any atom is 0.254 e. The molecule has 1 unspecified atom stereocenters. The number of nitrogens with zero attached hydrogens (tertiary/aromatic N) is 5. The molecule has 0 saturated carbocycles. The number of rotatable bonds is 7. The van der Waals surface area contributed by atoms with Crippen LogP contribution in [-0.2, 0) is 9.53 Å². The molecule has 192 valence electrons. The van der Waals surface area contributed by atoms with Crippen molar-refractivity contribution < 1.29 is 14.3 Å². The van der Waals surface area contributed by atoms with E-state index in [1.165, 1.54) is 5.56 Å². The zero-order valence-corrected chi connectivity index (χ0v) is 21.3. The molecule has 2 amide bonds. The number of aromatic nitrogens is 2. The van der Waals surface area contributed by atoms with Crippen molar-refractivity contribution in [2.75, 3.05) is 50.8 Å². The number of aryl methyl sites for hydroxylation is 1. The SMILES string of the molecule is Cc1ccc(-c2ccc(N3CCN(C(=O)CN(CC4CCCO4)C(=O)c4ccccc4)CC3)nn2)cc1. The highest BCUT2D eigenvalue weighted by atomic mass is 16.5. The molecule has 5 rings (SSSR count). The minimum Gasteiger partial charge on any atom is -0.376 e. The fourth-order valence-electron chi connectivity index (χ4n) is 4.84. The first-order chi connectivity index (χ1) is 18.1. The summed E-state index contributed by atoms with van der Waals surface area (Å²) in [5, 5.41) is 8.86. The lowest BCUT2D eigenvalue weighted by atomic mass is 10.1. The molecule has 1 atom stereocenters. The van der Waals surface area contributed by atoms with Gasteiger partial charge in [-0.2, -0.15) is 0 Å². The Labute approximate surface area is 217 Å². The third-order valence-electron chi connectivity index (χ3n) is 7.04. The molecular weight excluding hydrogens is 466 g/mol. The van der Waals surface area contributed by atoms with Crippen LogP contribution in [0.1, 0.15) is 28.8 Å². The molecular formula is C29H33N5O3. The number of hydrogen-bond acceptors (Lipinski definition) is 6. The highest BCUT2D eigenvalue weighted by Crippen LogP contribution is 2.20. The van der Waals surface area contributed by atoms with Crippen molar-refractivity contribution in [3.8, 4) is 11.3 Å². The van der Waals surface area contributed by atoms with Crippen molar-refractivity contribution in [1.29, 1.82) is 0 Å². The fraction of sp³-hybridized carbons (Fsp3) is 0.379. The first kappa shape index (κ1) is 24.9. The van der Waals surface area contributed by atoms with Gasteiger partial charge in [0.25, 0.3) is 5.91 Å². The van der Waals surface area contributed by atoms with Gasteiger partial charge in [0.2, 0.25) is 5.91 Å². The molecule has 0 radical (unpaired) electrons. The zero-order valence-electron chi connectivity index (χ0n) is 21.3. The lowest BCUT2D eigenvalue weighted by Gasteiger charge is -2.36. The molecule has 2 aliphatic heterocycles. The lowest BCUT2D eigenvalue weighted by molar-refractivity contribution is -0.132. The summed E-state index contributed by atoms with van der Waals surface area (Å²) in [5.74, 6) is 0.636. The molecule has 2 aliphatic rings.